The molecule has 0 radical (unpaired) electrons. The van der Waals surface area contributed by atoms with Gasteiger partial charge in [-0.15, -0.1) is 5.10 Å². The van der Waals surface area contributed by atoms with Crippen LogP contribution in [0.2, 0.25) is 0 Å². The van der Waals surface area contributed by atoms with E-state index >= 15 is 0 Å². The Bertz CT molecular complexity index is 948. The van der Waals surface area contributed by atoms with Crippen molar-refractivity contribution in [2.75, 3.05) is 5.32 Å². The number of carbonyl (C=O) groups is 1. The topological polar surface area (TPSA) is 77.6 Å². The highest BCUT2D eigenvalue weighted by Gasteiger charge is 2.27. The van der Waals surface area contributed by atoms with E-state index in [1.807, 2.05) is 24.4 Å². The SMILES string of the molecule is O=C(Cn1cc(C2CC2)nn1)Nc1nc2ccccc2n1C1CCCC1. The molecule has 0 saturated heterocycles. The molecule has 2 aliphatic rings. The largest absolute Gasteiger partial charge is 0.307 e. The Hall–Kier alpha value is -2.70. The molecule has 2 heterocycles. The minimum atomic E-state index is -0.119. The lowest BCUT2D eigenvalue weighted by Crippen LogP contribution is -2.22. The first-order valence-electron chi connectivity index (χ1n) is 9.45. The molecule has 0 bridgehead atoms. The van der Waals surface area contributed by atoms with Gasteiger partial charge in [0.15, 0.2) is 0 Å². The monoisotopic (exact) mass is 350 g/mol. The number of para-hydroxylation sites is 2. The molecule has 1 aromatic carbocycles. The molecule has 2 aliphatic carbocycles. The summed E-state index contributed by atoms with van der Waals surface area (Å²) in [6.07, 6.45) is 8.97. The number of hydrogen-bond acceptors (Lipinski definition) is 4. The van der Waals surface area contributed by atoms with E-state index in [4.69, 9.17) is 0 Å². The molecule has 26 heavy (non-hydrogen) atoms. The molecule has 134 valence electrons. The van der Waals surface area contributed by atoms with Gasteiger partial charge in [-0.3, -0.25) is 10.1 Å². The number of fused-ring (bicyclic) bond motifs is 1. The first-order chi connectivity index (χ1) is 12.8. The zero-order valence-corrected chi connectivity index (χ0v) is 14.6. The number of benzene rings is 1. The summed E-state index contributed by atoms with van der Waals surface area (Å²) in [6, 6.07) is 8.49. The fraction of sp³-hybridized carbons (Fsp3) is 0.474. The van der Waals surface area contributed by atoms with Crippen LogP contribution in [0.25, 0.3) is 11.0 Å². The van der Waals surface area contributed by atoms with E-state index < -0.39 is 0 Å². The molecule has 7 heteroatoms. The van der Waals surface area contributed by atoms with E-state index in [1.54, 1.807) is 4.68 Å². The number of nitrogens with one attached hydrogen (secondary N) is 1. The first kappa shape index (κ1) is 15.5. The van der Waals surface area contributed by atoms with Crippen molar-refractivity contribution in [2.24, 2.45) is 0 Å². The number of carbonyl (C=O) groups excluding carboxylic acids is 1. The van der Waals surface area contributed by atoms with Gasteiger partial charge in [-0.1, -0.05) is 30.2 Å². The highest BCUT2D eigenvalue weighted by atomic mass is 16.2. The van der Waals surface area contributed by atoms with Crippen LogP contribution in [0.1, 0.15) is 56.2 Å². The second-order valence-electron chi connectivity index (χ2n) is 7.40. The number of amides is 1. The summed E-state index contributed by atoms with van der Waals surface area (Å²) in [7, 11) is 0. The van der Waals surface area contributed by atoms with E-state index in [0.29, 0.717) is 17.9 Å². The summed E-state index contributed by atoms with van der Waals surface area (Å²) in [4.78, 5) is 17.2. The molecule has 5 rings (SSSR count). The van der Waals surface area contributed by atoms with Gasteiger partial charge in [-0.2, -0.15) is 0 Å². The number of imidazole rings is 1. The fourth-order valence-electron chi connectivity index (χ4n) is 3.93. The first-order valence-corrected chi connectivity index (χ1v) is 9.45. The highest BCUT2D eigenvalue weighted by molar-refractivity contribution is 5.91. The smallest absolute Gasteiger partial charge is 0.248 e. The van der Waals surface area contributed by atoms with E-state index in [0.717, 1.165) is 29.6 Å². The van der Waals surface area contributed by atoms with Gasteiger partial charge in [0.05, 0.1) is 16.7 Å². The van der Waals surface area contributed by atoms with Gasteiger partial charge in [-0.05, 0) is 37.8 Å². The molecule has 2 fully saturated rings. The molecule has 1 amide bonds. The predicted molar refractivity (Wildman–Crippen MR) is 97.9 cm³/mol. The van der Waals surface area contributed by atoms with E-state index in [2.05, 4.69) is 31.2 Å². The lowest BCUT2D eigenvalue weighted by atomic mass is 10.2. The van der Waals surface area contributed by atoms with Crippen LogP contribution in [0.3, 0.4) is 0 Å². The maximum atomic E-state index is 12.6. The Balaban J connectivity index is 1.39. The molecule has 2 saturated carbocycles. The number of anilines is 1. The summed E-state index contributed by atoms with van der Waals surface area (Å²) in [5, 5.41) is 11.2. The minimum Gasteiger partial charge on any atom is -0.307 e. The molecular weight excluding hydrogens is 328 g/mol. The van der Waals surface area contributed by atoms with Gasteiger partial charge in [0.2, 0.25) is 11.9 Å². The maximum absolute atomic E-state index is 12.6. The third kappa shape index (κ3) is 2.87. The normalized spacial score (nSPS) is 17.8. The lowest BCUT2D eigenvalue weighted by Gasteiger charge is -2.16. The second kappa shape index (κ2) is 6.23. The van der Waals surface area contributed by atoms with Crippen LogP contribution in [-0.4, -0.2) is 30.5 Å². The number of nitrogens with zero attached hydrogens (tertiary/aromatic N) is 5. The number of rotatable bonds is 5. The molecule has 0 spiro atoms. The summed E-state index contributed by atoms with van der Waals surface area (Å²) >= 11 is 0. The molecule has 0 unspecified atom stereocenters. The molecular formula is C19H22N6O. The van der Waals surface area contributed by atoms with Crippen molar-refractivity contribution < 1.29 is 4.79 Å². The highest BCUT2D eigenvalue weighted by Crippen LogP contribution is 2.38. The van der Waals surface area contributed by atoms with Crippen molar-refractivity contribution in [3.05, 3.63) is 36.2 Å². The molecule has 2 aromatic heterocycles. The average molecular weight is 350 g/mol. The summed E-state index contributed by atoms with van der Waals surface area (Å²) in [5.41, 5.74) is 3.01. The van der Waals surface area contributed by atoms with E-state index in [9.17, 15) is 4.79 Å². The van der Waals surface area contributed by atoms with Crippen LogP contribution in [-0.2, 0) is 11.3 Å². The van der Waals surface area contributed by atoms with Crippen LogP contribution in [0.5, 0.6) is 0 Å². The van der Waals surface area contributed by atoms with Gasteiger partial charge >= 0.3 is 0 Å². The third-order valence-electron chi connectivity index (χ3n) is 5.39. The summed E-state index contributed by atoms with van der Waals surface area (Å²) in [5.74, 6) is 1.07. The van der Waals surface area contributed by atoms with Crippen LogP contribution in [0.15, 0.2) is 30.5 Å². The molecule has 1 N–H and O–H groups in total. The average Bonchev–Trinajstić information content (AvgIpc) is 3.04. The predicted octanol–water partition coefficient (Wildman–Crippen LogP) is 3.26. The number of hydrogen-bond donors (Lipinski definition) is 1. The van der Waals surface area contributed by atoms with E-state index in [1.165, 1.54) is 25.7 Å². The lowest BCUT2D eigenvalue weighted by molar-refractivity contribution is -0.117. The summed E-state index contributed by atoms with van der Waals surface area (Å²) in [6.45, 7) is 0.160. The Morgan fingerprint density at radius 3 is 2.77 bits per heavy atom. The maximum Gasteiger partial charge on any atom is 0.248 e. The van der Waals surface area contributed by atoms with Crippen molar-refractivity contribution in [3.63, 3.8) is 0 Å². The van der Waals surface area contributed by atoms with Crippen LogP contribution >= 0.6 is 0 Å². The van der Waals surface area contributed by atoms with Gasteiger partial charge in [0.1, 0.15) is 6.54 Å². The Morgan fingerprint density at radius 1 is 1.15 bits per heavy atom. The van der Waals surface area contributed by atoms with Crippen molar-refractivity contribution in [2.45, 2.75) is 57.0 Å². The minimum absolute atomic E-state index is 0.119. The third-order valence-corrected chi connectivity index (χ3v) is 5.39. The Morgan fingerprint density at radius 2 is 1.96 bits per heavy atom. The van der Waals surface area contributed by atoms with Gasteiger partial charge in [0, 0.05) is 18.2 Å². The van der Waals surface area contributed by atoms with Crippen LogP contribution in [0.4, 0.5) is 5.95 Å². The summed E-state index contributed by atoms with van der Waals surface area (Å²) < 4.78 is 3.82. The van der Waals surface area contributed by atoms with Crippen LogP contribution in [0, 0.1) is 0 Å². The fourth-order valence-corrected chi connectivity index (χ4v) is 3.93. The Kier molecular flexibility index (Phi) is 3.72. The zero-order chi connectivity index (χ0) is 17.5. The second-order valence-corrected chi connectivity index (χ2v) is 7.40. The standard InChI is InChI=1S/C19H22N6O/c26-18(12-24-11-16(22-23-24)13-9-10-13)21-19-20-15-7-3-4-8-17(15)25(19)14-5-1-2-6-14/h3-4,7-8,11,13-14H,1-2,5-6,9-10,12H2,(H,20,21,26). The van der Waals surface area contributed by atoms with Crippen molar-refractivity contribution in [1.29, 1.82) is 0 Å². The van der Waals surface area contributed by atoms with Crippen molar-refractivity contribution >= 4 is 22.9 Å². The quantitative estimate of drug-likeness (QED) is 0.766. The van der Waals surface area contributed by atoms with Gasteiger partial charge < -0.3 is 4.57 Å². The Labute approximate surface area is 151 Å². The van der Waals surface area contributed by atoms with Crippen molar-refractivity contribution in [1.82, 2.24) is 24.5 Å². The van der Waals surface area contributed by atoms with E-state index in [-0.39, 0.29) is 12.5 Å². The van der Waals surface area contributed by atoms with Crippen LogP contribution < -0.4 is 5.32 Å². The molecule has 3 aromatic rings. The molecule has 7 nitrogen and oxygen atoms in total. The molecule has 0 atom stereocenters. The van der Waals surface area contributed by atoms with Crippen molar-refractivity contribution in [3.8, 4) is 0 Å². The zero-order valence-electron chi connectivity index (χ0n) is 14.6. The van der Waals surface area contributed by atoms with Gasteiger partial charge in [0.25, 0.3) is 0 Å². The molecule has 0 aliphatic heterocycles. The van der Waals surface area contributed by atoms with Gasteiger partial charge in [-0.25, -0.2) is 9.67 Å². The number of aromatic nitrogens is 5.